The molecule has 0 radical (unpaired) electrons. The Balaban J connectivity index is 1.31. The predicted molar refractivity (Wildman–Crippen MR) is 140 cm³/mol. The fraction of sp³-hybridized carbons (Fsp3) is 0.370. The van der Waals surface area contributed by atoms with Crippen molar-refractivity contribution in [2.24, 2.45) is 0 Å². The van der Waals surface area contributed by atoms with Crippen LogP contribution in [0, 0.1) is 11.6 Å². The molecule has 0 spiro atoms. The van der Waals surface area contributed by atoms with Gasteiger partial charge in [0.05, 0.1) is 30.1 Å². The molecule has 1 amide bonds. The first-order valence-electron chi connectivity index (χ1n) is 12.9. The number of fused-ring (bicyclic) bond motifs is 1. The number of benzene rings is 1. The van der Waals surface area contributed by atoms with Gasteiger partial charge in [0.2, 0.25) is 5.95 Å². The van der Waals surface area contributed by atoms with Crippen LogP contribution in [0.1, 0.15) is 40.5 Å². The van der Waals surface area contributed by atoms with Crippen molar-refractivity contribution in [2.75, 3.05) is 38.2 Å². The molecule has 5 rings (SSSR count). The highest BCUT2D eigenvalue weighted by atomic mass is 19.3. The van der Waals surface area contributed by atoms with E-state index in [2.05, 4.69) is 24.7 Å². The molecule has 4 heterocycles. The molecule has 1 fully saturated rings. The third kappa shape index (κ3) is 6.06. The zero-order valence-electron chi connectivity index (χ0n) is 22.1. The number of carbonyl (C=O) groups is 1. The summed E-state index contributed by atoms with van der Waals surface area (Å²) in [5, 5.41) is 9.24. The van der Waals surface area contributed by atoms with Crippen LogP contribution in [0.5, 0.6) is 5.75 Å². The molecule has 0 bridgehead atoms. The van der Waals surface area contributed by atoms with Gasteiger partial charge in [0.25, 0.3) is 5.91 Å². The minimum atomic E-state index is -2.96. The van der Waals surface area contributed by atoms with Crippen LogP contribution >= 0.6 is 0 Å². The van der Waals surface area contributed by atoms with Crippen LogP contribution in [-0.2, 0) is 6.42 Å². The number of carbonyl (C=O) groups excluding carboxylic acids is 1. The van der Waals surface area contributed by atoms with Crippen molar-refractivity contribution < 1.29 is 32.2 Å². The maximum atomic E-state index is 15.3. The summed E-state index contributed by atoms with van der Waals surface area (Å²) in [6.45, 7) is -1.95. The predicted octanol–water partition coefficient (Wildman–Crippen LogP) is 3.60. The number of amides is 1. The summed E-state index contributed by atoms with van der Waals surface area (Å²) in [6.07, 6.45) is 6.32. The first-order valence-corrected chi connectivity index (χ1v) is 12.9. The molecule has 1 N–H and O–H groups in total. The smallest absolute Gasteiger partial charge is 0.387 e. The molecule has 0 aliphatic carbocycles. The van der Waals surface area contributed by atoms with Crippen LogP contribution in [0.4, 0.5) is 23.5 Å². The van der Waals surface area contributed by atoms with E-state index in [4.69, 9.17) is 5.11 Å². The van der Waals surface area contributed by atoms with Crippen molar-refractivity contribution in [1.82, 2.24) is 29.4 Å². The molecular formula is C27H27F4N7O3. The lowest BCUT2D eigenvalue weighted by Gasteiger charge is -2.32. The molecule has 1 aliphatic heterocycles. The molecule has 14 heteroatoms. The summed E-state index contributed by atoms with van der Waals surface area (Å²) in [7, 11) is 1.51. The third-order valence-electron chi connectivity index (χ3n) is 7.06. The van der Waals surface area contributed by atoms with Crippen LogP contribution < -0.4 is 9.64 Å². The van der Waals surface area contributed by atoms with Gasteiger partial charge in [-0.25, -0.2) is 28.7 Å². The van der Waals surface area contributed by atoms with Gasteiger partial charge in [-0.3, -0.25) is 4.79 Å². The minimum Gasteiger partial charge on any atom is -0.432 e. The van der Waals surface area contributed by atoms with E-state index >= 15 is 4.39 Å². The number of ether oxygens (including phenoxy) is 1. The van der Waals surface area contributed by atoms with Crippen molar-refractivity contribution in [3.8, 4) is 5.75 Å². The molecule has 3 aromatic heterocycles. The third-order valence-corrected chi connectivity index (χ3v) is 7.06. The van der Waals surface area contributed by atoms with E-state index < -0.39 is 24.2 Å². The van der Waals surface area contributed by atoms with Crippen LogP contribution in [0.2, 0.25) is 0 Å². The van der Waals surface area contributed by atoms with E-state index in [-0.39, 0.29) is 47.9 Å². The molecule has 4 aromatic rings. The number of hydrogen-bond acceptors (Lipinski definition) is 8. The Morgan fingerprint density at radius 1 is 1.12 bits per heavy atom. The number of aromatic nitrogens is 5. The minimum absolute atomic E-state index is 0.00616. The summed E-state index contributed by atoms with van der Waals surface area (Å²) in [4.78, 5) is 32.4. The monoisotopic (exact) mass is 573 g/mol. The van der Waals surface area contributed by atoms with Gasteiger partial charge in [-0.1, -0.05) is 6.07 Å². The quantitative estimate of drug-likeness (QED) is 0.303. The second-order valence-electron chi connectivity index (χ2n) is 9.65. The number of alkyl halides is 2. The maximum Gasteiger partial charge on any atom is 0.387 e. The van der Waals surface area contributed by atoms with Gasteiger partial charge >= 0.3 is 6.61 Å². The molecule has 0 saturated carbocycles. The number of piperidine rings is 1. The highest BCUT2D eigenvalue weighted by Crippen LogP contribution is 2.31. The largest absolute Gasteiger partial charge is 0.432 e. The first kappa shape index (κ1) is 28.2. The summed E-state index contributed by atoms with van der Waals surface area (Å²) in [5.41, 5.74) is 1.10. The molecule has 1 saturated heterocycles. The number of halogens is 4. The Labute approximate surface area is 232 Å². The Morgan fingerprint density at radius 2 is 1.85 bits per heavy atom. The molecule has 0 atom stereocenters. The van der Waals surface area contributed by atoms with Gasteiger partial charge in [-0.15, -0.1) is 0 Å². The topological polar surface area (TPSA) is 110 Å². The van der Waals surface area contributed by atoms with Gasteiger partial charge in [0.15, 0.2) is 11.6 Å². The molecule has 0 unspecified atom stereocenters. The normalized spacial score (nSPS) is 14.2. The van der Waals surface area contributed by atoms with Gasteiger partial charge in [0, 0.05) is 50.9 Å². The molecular weight excluding hydrogens is 546 g/mol. The second kappa shape index (κ2) is 12.0. The summed E-state index contributed by atoms with van der Waals surface area (Å²) < 4.78 is 61.0. The number of hydrogen-bond donors (Lipinski definition) is 1. The van der Waals surface area contributed by atoms with E-state index in [1.54, 1.807) is 4.57 Å². The first-order chi connectivity index (χ1) is 19.7. The fourth-order valence-corrected chi connectivity index (χ4v) is 4.97. The van der Waals surface area contributed by atoms with Crippen molar-refractivity contribution in [3.63, 3.8) is 0 Å². The number of likely N-dealkylation sites (N-methyl/N-ethyl adjacent to an activating group) is 1. The zero-order valence-corrected chi connectivity index (χ0v) is 22.1. The Hall–Kier alpha value is -4.33. The van der Waals surface area contributed by atoms with Crippen LogP contribution in [0.25, 0.3) is 11.0 Å². The van der Waals surface area contributed by atoms with Gasteiger partial charge < -0.3 is 24.2 Å². The second-order valence-corrected chi connectivity index (χ2v) is 9.65. The number of rotatable bonds is 9. The van der Waals surface area contributed by atoms with E-state index in [9.17, 15) is 18.0 Å². The molecule has 216 valence electrons. The lowest BCUT2D eigenvalue weighted by Crippen LogP contribution is -2.35. The SMILES string of the molecule is CN(CCO)C(=O)c1ccc(Cc2ncnc3c2c(F)cn3C2CCN(c3ncc(OC(F)F)cn3)CC2)c(F)c1. The number of nitrogens with zero attached hydrogens (tertiary/aromatic N) is 7. The van der Waals surface area contributed by atoms with Crippen LogP contribution in [-0.4, -0.2) is 80.3 Å². The molecule has 1 aromatic carbocycles. The Bertz CT molecular complexity index is 1530. The number of aliphatic hydroxyl groups excluding tert-OH is 1. The maximum absolute atomic E-state index is 15.3. The summed E-state index contributed by atoms with van der Waals surface area (Å²) >= 11 is 0. The van der Waals surface area contributed by atoms with E-state index in [1.807, 2.05) is 4.90 Å². The van der Waals surface area contributed by atoms with Crippen LogP contribution in [0.15, 0.2) is 43.1 Å². The lowest BCUT2D eigenvalue weighted by atomic mass is 10.0. The Kier molecular flexibility index (Phi) is 8.28. The van der Waals surface area contributed by atoms with Crippen molar-refractivity contribution in [1.29, 1.82) is 0 Å². The molecule has 10 nitrogen and oxygen atoms in total. The van der Waals surface area contributed by atoms with Gasteiger partial charge in [-0.2, -0.15) is 8.78 Å². The fourth-order valence-electron chi connectivity index (χ4n) is 4.97. The molecule has 41 heavy (non-hydrogen) atoms. The van der Waals surface area contributed by atoms with E-state index in [1.165, 1.54) is 49.0 Å². The Morgan fingerprint density at radius 3 is 2.51 bits per heavy atom. The van der Waals surface area contributed by atoms with Crippen molar-refractivity contribution in [2.45, 2.75) is 31.9 Å². The average molecular weight is 574 g/mol. The summed E-state index contributed by atoms with van der Waals surface area (Å²) in [6, 6.07) is 4.01. The highest BCUT2D eigenvalue weighted by molar-refractivity contribution is 5.94. The zero-order chi connectivity index (χ0) is 29.1. The van der Waals surface area contributed by atoms with Crippen molar-refractivity contribution >= 4 is 22.9 Å². The van der Waals surface area contributed by atoms with Crippen LogP contribution in [0.3, 0.4) is 0 Å². The van der Waals surface area contributed by atoms with E-state index in [0.29, 0.717) is 43.2 Å². The highest BCUT2D eigenvalue weighted by Gasteiger charge is 2.26. The molecule has 1 aliphatic rings. The standard InChI is InChI=1S/C27H27F4N7O3/c1-36(8-9-39)25(40)17-3-2-16(20(28)10-17)11-22-23-21(29)14-38(24(23)35-15-34-22)18-4-6-37(7-5-18)27-32-12-19(13-33-27)41-26(30)31/h2-3,10,12-15,18,26,39H,4-9,11H2,1H3. The van der Waals surface area contributed by atoms with Gasteiger partial charge in [-0.05, 0) is 30.5 Å². The van der Waals surface area contributed by atoms with Crippen molar-refractivity contribution in [3.05, 3.63) is 71.6 Å². The number of anilines is 1. The lowest BCUT2D eigenvalue weighted by molar-refractivity contribution is -0.0503. The van der Waals surface area contributed by atoms with E-state index in [0.717, 1.165) is 6.07 Å². The average Bonchev–Trinajstić information content (AvgIpc) is 3.31. The number of aliphatic hydroxyl groups is 1. The van der Waals surface area contributed by atoms with Gasteiger partial charge in [0.1, 0.15) is 17.8 Å². The summed E-state index contributed by atoms with van der Waals surface area (Å²) in [5.74, 6) is -1.31.